The Balaban J connectivity index is 1.62. The standard InChI is InChI=1S/C18H21N5O2S/c1-12(2)23-14-6-4-3-5-13(14)16-17(23)19-18(21-20-16)26-11-15(24)22-7-9-25-10-8-22/h3-6,12H,7-11H2,1-2H3. The van der Waals surface area contributed by atoms with Crippen LogP contribution in [0, 0.1) is 0 Å². The van der Waals surface area contributed by atoms with Gasteiger partial charge in [0.05, 0.1) is 24.5 Å². The number of fused-ring (bicyclic) bond motifs is 3. The highest BCUT2D eigenvalue weighted by Crippen LogP contribution is 2.29. The summed E-state index contributed by atoms with van der Waals surface area (Å²) in [5.74, 6) is 0.404. The lowest BCUT2D eigenvalue weighted by Gasteiger charge is -2.26. The van der Waals surface area contributed by atoms with Gasteiger partial charge in [-0.25, -0.2) is 4.98 Å². The second kappa shape index (κ2) is 7.20. The molecule has 0 radical (unpaired) electrons. The Morgan fingerprint density at radius 2 is 2.00 bits per heavy atom. The van der Waals surface area contributed by atoms with Crippen molar-refractivity contribution in [3.05, 3.63) is 24.3 Å². The molecule has 0 N–H and O–H groups in total. The highest BCUT2D eigenvalue weighted by atomic mass is 32.2. The lowest BCUT2D eigenvalue weighted by molar-refractivity contribution is -0.132. The second-order valence-corrected chi connectivity index (χ2v) is 7.47. The SMILES string of the molecule is CC(C)n1c2ccccc2c2nnc(SCC(=O)N3CCOCC3)nc21. The van der Waals surface area contributed by atoms with E-state index in [4.69, 9.17) is 9.72 Å². The molecule has 8 heteroatoms. The normalized spacial score (nSPS) is 15.3. The van der Waals surface area contributed by atoms with Crippen LogP contribution in [0.1, 0.15) is 19.9 Å². The van der Waals surface area contributed by atoms with Gasteiger partial charge < -0.3 is 14.2 Å². The van der Waals surface area contributed by atoms with E-state index in [1.54, 1.807) is 0 Å². The number of nitrogens with zero attached hydrogens (tertiary/aromatic N) is 5. The maximum absolute atomic E-state index is 12.3. The zero-order chi connectivity index (χ0) is 18.1. The van der Waals surface area contributed by atoms with E-state index in [1.165, 1.54) is 11.8 Å². The van der Waals surface area contributed by atoms with Crippen LogP contribution in [0.4, 0.5) is 0 Å². The number of benzene rings is 1. The Hall–Kier alpha value is -2.19. The molecule has 0 aliphatic carbocycles. The molecule has 136 valence electrons. The summed E-state index contributed by atoms with van der Waals surface area (Å²) in [7, 11) is 0. The highest BCUT2D eigenvalue weighted by Gasteiger charge is 2.19. The van der Waals surface area contributed by atoms with Crippen LogP contribution in [0.3, 0.4) is 0 Å². The van der Waals surface area contributed by atoms with E-state index in [1.807, 2.05) is 23.1 Å². The maximum Gasteiger partial charge on any atom is 0.233 e. The van der Waals surface area contributed by atoms with E-state index in [0.29, 0.717) is 37.2 Å². The van der Waals surface area contributed by atoms with Gasteiger partial charge in [-0.1, -0.05) is 30.0 Å². The third-order valence-corrected chi connectivity index (χ3v) is 5.32. The summed E-state index contributed by atoms with van der Waals surface area (Å²) in [5, 5.41) is 10.2. The third kappa shape index (κ3) is 3.14. The molecule has 0 atom stereocenters. The third-order valence-electron chi connectivity index (χ3n) is 4.50. The second-order valence-electron chi connectivity index (χ2n) is 6.53. The van der Waals surface area contributed by atoms with Gasteiger partial charge >= 0.3 is 0 Å². The number of rotatable bonds is 4. The van der Waals surface area contributed by atoms with Gasteiger partial charge in [0.15, 0.2) is 5.65 Å². The van der Waals surface area contributed by atoms with Crippen LogP contribution in [0.15, 0.2) is 29.4 Å². The summed E-state index contributed by atoms with van der Waals surface area (Å²) < 4.78 is 7.46. The first kappa shape index (κ1) is 17.2. The topological polar surface area (TPSA) is 73.1 Å². The summed E-state index contributed by atoms with van der Waals surface area (Å²) in [6.45, 7) is 6.77. The fourth-order valence-electron chi connectivity index (χ4n) is 3.26. The van der Waals surface area contributed by atoms with E-state index < -0.39 is 0 Å². The number of morpholine rings is 1. The van der Waals surface area contributed by atoms with E-state index in [2.05, 4.69) is 34.7 Å². The van der Waals surface area contributed by atoms with Crippen LogP contribution in [-0.2, 0) is 9.53 Å². The van der Waals surface area contributed by atoms with E-state index in [9.17, 15) is 4.79 Å². The number of amides is 1. The van der Waals surface area contributed by atoms with E-state index in [-0.39, 0.29) is 11.9 Å². The summed E-state index contributed by atoms with van der Waals surface area (Å²) in [6.07, 6.45) is 0. The number of para-hydroxylation sites is 1. The van der Waals surface area contributed by atoms with E-state index in [0.717, 1.165) is 22.1 Å². The molecule has 1 aliphatic rings. The van der Waals surface area contributed by atoms with Crippen molar-refractivity contribution in [3.8, 4) is 0 Å². The fraction of sp³-hybridized carbons (Fsp3) is 0.444. The largest absolute Gasteiger partial charge is 0.378 e. The summed E-state index contributed by atoms with van der Waals surface area (Å²) in [6, 6.07) is 8.39. The van der Waals surface area contributed by atoms with Crippen molar-refractivity contribution in [2.45, 2.75) is 25.0 Å². The number of ether oxygens (including phenoxy) is 1. The van der Waals surface area contributed by atoms with Gasteiger partial charge in [-0.3, -0.25) is 4.79 Å². The molecule has 7 nitrogen and oxygen atoms in total. The van der Waals surface area contributed by atoms with Crippen LogP contribution in [-0.4, -0.2) is 62.6 Å². The first-order chi connectivity index (χ1) is 12.6. The predicted molar refractivity (Wildman–Crippen MR) is 101 cm³/mol. The number of aromatic nitrogens is 4. The summed E-state index contributed by atoms with van der Waals surface area (Å²) >= 11 is 1.34. The number of hydrogen-bond acceptors (Lipinski definition) is 6. The van der Waals surface area contributed by atoms with Crippen molar-refractivity contribution in [2.75, 3.05) is 32.1 Å². The average Bonchev–Trinajstić information content (AvgIpc) is 3.00. The minimum absolute atomic E-state index is 0.0893. The Morgan fingerprint density at radius 3 is 2.77 bits per heavy atom. The van der Waals surface area contributed by atoms with Gasteiger partial charge in [-0.15, -0.1) is 10.2 Å². The minimum Gasteiger partial charge on any atom is -0.378 e. The average molecular weight is 371 g/mol. The molecule has 1 saturated heterocycles. The van der Waals surface area contributed by atoms with Crippen molar-refractivity contribution in [3.63, 3.8) is 0 Å². The molecule has 26 heavy (non-hydrogen) atoms. The van der Waals surface area contributed by atoms with Gasteiger partial charge in [0, 0.05) is 24.5 Å². The molecule has 0 unspecified atom stereocenters. The molecule has 0 bridgehead atoms. The lowest BCUT2D eigenvalue weighted by atomic mass is 10.2. The van der Waals surface area contributed by atoms with Gasteiger partial charge in [-0.2, -0.15) is 0 Å². The van der Waals surface area contributed by atoms with Gasteiger partial charge in [0.1, 0.15) is 5.52 Å². The molecule has 1 aromatic carbocycles. The van der Waals surface area contributed by atoms with E-state index >= 15 is 0 Å². The molecule has 2 aromatic heterocycles. The van der Waals surface area contributed by atoms with Gasteiger partial charge in [-0.05, 0) is 19.9 Å². The van der Waals surface area contributed by atoms with Crippen molar-refractivity contribution in [1.82, 2.24) is 24.6 Å². The first-order valence-electron chi connectivity index (χ1n) is 8.77. The number of hydrogen-bond donors (Lipinski definition) is 0. The zero-order valence-electron chi connectivity index (χ0n) is 14.9. The van der Waals surface area contributed by atoms with Crippen LogP contribution < -0.4 is 0 Å². The number of carbonyl (C=O) groups is 1. The molecule has 1 amide bonds. The summed E-state index contributed by atoms with van der Waals surface area (Å²) in [5.41, 5.74) is 2.72. The lowest BCUT2D eigenvalue weighted by Crippen LogP contribution is -2.41. The quantitative estimate of drug-likeness (QED) is 0.656. The Bertz CT molecular complexity index is 949. The van der Waals surface area contributed by atoms with Crippen molar-refractivity contribution in [1.29, 1.82) is 0 Å². The van der Waals surface area contributed by atoms with Crippen molar-refractivity contribution < 1.29 is 9.53 Å². The molecule has 3 heterocycles. The maximum atomic E-state index is 12.3. The van der Waals surface area contributed by atoms with Crippen LogP contribution >= 0.6 is 11.8 Å². The number of carbonyl (C=O) groups excluding carboxylic acids is 1. The van der Waals surface area contributed by atoms with Crippen LogP contribution in [0.2, 0.25) is 0 Å². The van der Waals surface area contributed by atoms with Gasteiger partial charge in [0.25, 0.3) is 0 Å². The smallest absolute Gasteiger partial charge is 0.233 e. The molecule has 0 spiro atoms. The summed E-state index contributed by atoms with van der Waals surface area (Å²) in [4.78, 5) is 18.9. The monoisotopic (exact) mass is 371 g/mol. The van der Waals surface area contributed by atoms with Crippen molar-refractivity contribution in [2.24, 2.45) is 0 Å². The zero-order valence-corrected chi connectivity index (χ0v) is 15.7. The van der Waals surface area contributed by atoms with Crippen LogP contribution in [0.5, 0.6) is 0 Å². The molecular weight excluding hydrogens is 350 g/mol. The molecule has 1 fully saturated rings. The highest BCUT2D eigenvalue weighted by molar-refractivity contribution is 7.99. The molecular formula is C18H21N5O2S. The Labute approximate surface area is 155 Å². The molecule has 4 rings (SSSR count). The predicted octanol–water partition coefficient (Wildman–Crippen LogP) is 2.51. The molecule has 3 aromatic rings. The van der Waals surface area contributed by atoms with Gasteiger partial charge in [0.2, 0.25) is 11.1 Å². The fourth-order valence-corrected chi connectivity index (χ4v) is 3.94. The number of thioether (sulfide) groups is 1. The van der Waals surface area contributed by atoms with Crippen molar-refractivity contribution >= 4 is 39.7 Å². The Kier molecular flexibility index (Phi) is 4.78. The Morgan fingerprint density at radius 1 is 1.23 bits per heavy atom. The van der Waals surface area contributed by atoms with Crippen LogP contribution in [0.25, 0.3) is 22.1 Å². The molecule has 1 aliphatic heterocycles. The first-order valence-corrected chi connectivity index (χ1v) is 9.75. The molecule has 0 saturated carbocycles. The minimum atomic E-state index is 0.0893.